The van der Waals surface area contributed by atoms with Crippen molar-refractivity contribution in [3.63, 3.8) is 0 Å². The van der Waals surface area contributed by atoms with Gasteiger partial charge in [0.2, 0.25) is 0 Å². The van der Waals surface area contributed by atoms with E-state index in [1.807, 2.05) is 0 Å². The van der Waals surface area contributed by atoms with Crippen LogP contribution in [0.1, 0.15) is 5.71 Å². The molecule has 0 bridgehead atoms. The van der Waals surface area contributed by atoms with Gasteiger partial charge in [0.1, 0.15) is 0 Å². The number of hydrogen-bond acceptors (Lipinski definition) is 0. The SMILES string of the molecule is [Ca+2].[Ca+2].[Ca+2].[Cl-].[Cl-].[H-].[H-].[H-].[H-]. The Hall–Kier alpha value is 4.36. The molecule has 0 aliphatic rings. The van der Waals surface area contributed by atoms with Crippen LogP contribution in [0.25, 0.3) is 0 Å². The second-order valence-corrected chi connectivity index (χ2v) is 0. The van der Waals surface area contributed by atoms with Crippen LogP contribution in [0.2, 0.25) is 0 Å². The second kappa shape index (κ2) is 23.8. The van der Waals surface area contributed by atoms with Crippen LogP contribution in [0.5, 0.6) is 0 Å². The normalized spacial score (nSPS) is 0. The zero-order valence-corrected chi connectivity index (χ0v) is 11.0. The number of halogens is 2. The smallest absolute Gasteiger partial charge is 1.00 e. The minimum atomic E-state index is 0. The first-order chi connectivity index (χ1) is 0. The molecule has 0 aromatic heterocycles. The van der Waals surface area contributed by atoms with Crippen LogP contribution in [-0.2, 0) is 0 Å². The molecule has 0 spiro atoms. The van der Waals surface area contributed by atoms with E-state index in [0.717, 1.165) is 0 Å². The van der Waals surface area contributed by atoms with E-state index in [0.29, 0.717) is 0 Å². The predicted molar refractivity (Wildman–Crippen MR) is 21.7 cm³/mol. The van der Waals surface area contributed by atoms with Crippen LogP contribution in [0, 0.1) is 0 Å². The van der Waals surface area contributed by atoms with Crippen LogP contribution >= 0.6 is 0 Å². The molecule has 0 atom stereocenters. The molecule has 0 aliphatic carbocycles. The van der Waals surface area contributed by atoms with Crippen molar-refractivity contribution in [3.05, 3.63) is 0 Å². The van der Waals surface area contributed by atoms with Gasteiger partial charge < -0.3 is 30.5 Å². The van der Waals surface area contributed by atoms with E-state index in [-0.39, 0.29) is 144 Å². The molecule has 0 aliphatic heterocycles. The fourth-order valence-electron chi connectivity index (χ4n) is 0. The first-order valence-electron chi connectivity index (χ1n) is 0. The summed E-state index contributed by atoms with van der Waals surface area (Å²) in [7, 11) is 0. The van der Waals surface area contributed by atoms with E-state index in [1.54, 1.807) is 0 Å². The summed E-state index contributed by atoms with van der Waals surface area (Å²) in [5, 5.41) is 0. The molecule has 0 radical (unpaired) electrons. The average Bonchev–Trinajstić information content (AvgIpc) is 0. The van der Waals surface area contributed by atoms with Gasteiger partial charge in [-0.05, 0) is 0 Å². The number of hydrogen-bond donors (Lipinski definition) is 0. The van der Waals surface area contributed by atoms with Crippen LogP contribution in [0.3, 0.4) is 0 Å². The van der Waals surface area contributed by atoms with E-state index in [4.69, 9.17) is 0 Å². The van der Waals surface area contributed by atoms with Crippen LogP contribution in [0.4, 0.5) is 0 Å². The van der Waals surface area contributed by atoms with Gasteiger partial charge in [-0.15, -0.1) is 0 Å². The molecule has 0 saturated carbocycles. The van der Waals surface area contributed by atoms with E-state index >= 15 is 0 Å². The van der Waals surface area contributed by atoms with Crippen molar-refractivity contribution in [1.29, 1.82) is 0 Å². The summed E-state index contributed by atoms with van der Waals surface area (Å²) in [5.41, 5.74) is 0. The fourth-order valence-corrected chi connectivity index (χ4v) is 0. The predicted octanol–water partition coefficient (Wildman–Crippen LogP) is -6.68. The molecule has 5 heavy (non-hydrogen) atoms. The molecule has 0 heterocycles. The first kappa shape index (κ1) is 34.4. The molecule has 0 saturated heterocycles. The Morgan fingerprint density at radius 2 is 0.600 bits per heavy atom. The molecular weight excluding hydrogens is 191 g/mol. The molecule has 5 heteroatoms. The largest absolute Gasteiger partial charge is 2.00 e. The van der Waals surface area contributed by atoms with Gasteiger partial charge in [-0.1, -0.05) is 0 Å². The zero-order valence-electron chi connectivity index (χ0n) is 6.88. The third-order valence-corrected chi connectivity index (χ3v) is 0. The third-order valence-electron chi connectivity index (χ3n) is 0. The van der Waals surface area contributed by atoms with Crippen molar-refractivity contribution in [2.24, 2.45) is 0 Å². The Bertz CT molecular complexity index is 13.8. The van der Waals surface area contributed by atoms with Crippen molar-refractivity contribution >= 4 is 113 Å². The summed E-state index contributed by atoms with van der Waals surface area (Å²) in [6, 6.07) is 0. The minimum Gasteiger partial charge on any atom is -1.00 e. The summed E-state index contributed by atoms with van der Waals surface area (Å²) >= 11 is 0. The molecule has 0 rings (SSSR count). The van der Waals surface area contributed by atoms with E-state index < -0.39 is 0 Å². The molecule has 0 aromatic rings. The van der Waals surface area contributed by atoms with Crippen molar-refractivity contribution < 1.29 is 30.5 Å². The van der Waals surface area contributed by atoms with E-state index in [1.165, 1.54) is 0 Å². The van der Waals surface area contributed by atoms with Gasteiger partial charge in [0.15, 0.2) is 0 Å². The van der Waals surface area contributed by atoms with Crippen LogP contribution in [0.15, 0.2) is 0 Å². The average molecular weight is 195 g/mol. The molecular formula is H4Ca3Cl2. The Morgan fingerprint density at radius 3 is 0.600 bits per heavy atom. The van der Waals surface area contributed by atoms with Gasteiger partial charge in [-0.2, -0.15) is 0 Å². The second-order valence-electron chi connectivity index (χ2n) is 0. The molecule has 0 fully saturated rings. The standard InChI is InChI=1S/3Ca.2ClH.4H/h;;;2*1H;;;;/q3*+2;;;4*-1/p-2. The van der Waals surface area contributed by atoms with Crippen molar-refractivity contribution in [3.8, 4) is 0 Å². The van der Waals surface area contributed by atoms with Gasteiger partial charge in [-0.25, -0.2) is 0 Å². The Labute approximate surface area is 140 Å². The Balaban J connectivity index is 0. The van der Waals surface area contributed by atoms with Gasteiger partial charge in [0.25, 0.3) is 0 Å². The van der Waals surface area contributed by atoms with Gasteiger partial charge in [0.05, 0.1) is 0 Å². The monoisotopic (exact) mass is 194 g/mol. The van der Waals surface area contributed by atoms with Crippen molar-refractivity contribution in [2.45, 2.75) is 0 Å². The fraction of sp³-hybridized carbons (Fsp3) is 0. The zero-order chi connectivity index (χ0) is 0. The summed E-state index contributed by atoms with van der Waals surface area (Å²) in [4.78, 5) is 0. The van der Waals surface area contributed by atoms with Crippen molar-refractivity contribution in [2.75, 3.05) is 0 Å². The van der Waals surface area contributed by atoms with E-state index in [2.05, 4.69) is 0 Å². The Morgan fingerprint density at radius 1 is 0.600 bits per heavy atom. The topological polar surface area (TPSA) is 0 Å². The molecule has 0 N–H and O–H groups in total. The van der Waals surface area contributed by atoms with Crippen LogP contribution in [-0.4, -0.2) is 113 Å². The quantitative estimate of drug-likeness (QED) is 0.337. The maximum atomic E-state index is 0. The molecule has 0 nitrogen and oxygen atoms in total. The maximum Gasteiger partial charge on any atom is 2.00 e. The first-order valence-corrected chi connectivity index (χ1v) is 0. The van der Waals surface area contributed by atoms with Crippen molar-refractivity contribution in [1.82, 2.24) is 0 Å². The summed E-state index contributed by atoms with van der Waals surface area (Å²) in [6.45, 7) is 0. The third kappa shape index (κ3) is 17.8. The molecule has 0 amide bonds. The molecule has 0 aromatic carbocycles. The Kier molecular flexibility index (Phi) is 164. The summed E-state index contributed by atoms with van der Waals surface area (Å²) < 4.78 is 0. The molecule has 24 valence electrons. The van der Waals surface area contributed by atoms with E-state index in [9.17, 15) is 0 Å². The summed E-state index contributed by atoms with van der Waals surface area (Å²) in [5.74, 6) is 0. The summed E-state index contributed by atoms with van der Waals surface area (Å²) in [6.07, 6.45) is 0. The van der Waals surface area contributed by atoms with Crippen LogP contribution < -0.4 is 24.8 Å². The van der Waals surface area contributed by atoms with Gasteiger partial charge in [-0.3, -0.25) is 0 Å². The minimum absolute atomic E-state index is 0. The molecule has 0 unspecified atom stereocenters. The van der Waals surface area contributed by atoms with Gasteiger partial charge in [0, 0.05) is 0 Å². The van der Waals surface area contributed by atoms with Gasteiger partial charge >= 0.3 is 113 Å². The number of rotatable bonds is 0. The maximum absolute atomic E-state index is 0.